The van der Waals surface area contributed by atoms with Crippen molar-refractivity contribution in [2.75, 3.05) is 14.2 Å². The normalized spacial score (nSPS) is 12.0. The van der Waals surface area contributed by atoms with Crippen LogP contribution in [0.4, 0.5) is 0 Å². The predicted octanol–water partition coefficient (Wildman–Crippen LogP) is 3.86. The molecule has 0 radical (unpaired) electrons. The summed E-state index contributed by atoms with van der Waals surface area (Å²) < 4.78 is 16.0. The van der Waals surface area contributed by atoms with Crippen LogP contribution in [0.15, 0.2) is 23.0 Å². The number of thiophene rings is 1. The molecular weight excluding hydrogens is 392 g/mol. The Kier molecular flexibility index (Phi) is 6.22. The molecule has 0 aliphatic carbocycles. The molecule has 154 valence electrons. The fourth-order valence-electron chi connectivity index (χ4n) is 3.06. The van der Waals surface area contributed by atoms with Crippen molar-refractivity contribution in [3.8, 4) is 11.5 Å². The number of hydrogen-bond donors (Lipinski definition) is 1. The number of carbonyl (C=O) groups is 1. The number of nitrogens with one attached hydrogen (secondary N) is 1. The third-order valence-electron chi connectivity index (χ3n) is 4.82. The summed E-state index contributed by atoms with van der Waals surface area (Å²) in [5.74, 6) is 1.23. The van der Waals surface area contributed by atoms with Crippen molar-refractivity contribution in [2.45, 2.75) is 39.7 Å². The first-order valence-corrected chi connectivity index (χ1v) is 10.1. The van der Waals surface area contributed by atoms with Gasteiger partial charge in [-0.2, -0.15) is 0 Å². The second kappa shape index (κ2) is 8.65. The van der Waals surface area contributed by atoms with Crippen molar-refractivity contribution in [3.63, 3.8) is 0 Å². The van der Waals surface area contributed by atoms with Crippen LogP contribution in [0.25, 0.3) is 10.2 Å². The predicted molar refractivity (Wildman–Crippen MR) is 112 cm³/mol. The molecule has 0 saturated carbocycles. The van der Waals surface area contributed by atoms with Crippen LogP contribution in [0.1, 0.15) is 41.3 Å². The lowest BCUT2D eigenvalue weighted by Crippen LogP contribution is -2.17. The van der Waals surface area contributed by atoms with Crippen LogP contribution in [0, 0.1) is 13.8 Å². The molecule has 0 spiro atoms. The zero-order chi connectivity index (χ0) is 21.1. The average molecular weight is 416 g/mol. The van der Waals surface area contributed by atoms with Gasteiger partial charge in [-0.3, -0.25) is 9.59 Å². The second-order valence-corrected chi connectivity index (χ2v) is 7.94. The van der Waals surface area contributed by atoms with Gasteiger partial charge in [-0.1, -0.05) is 6.07 Å². The molecule has 3 aromatic rings. The van der Waals surface area contributed by atoms with Gasteiger partial charge in [0.2, 0.25) is 0 Å². The first kappa shape index (κ1) is 20.9. The lowest BCUT2D eigenvalue weighted by molar-refractivity contribution is -0.148. The van der Waals surface area contributed by atoms with Crippen LogP contribution in [0.2, 0.25) is 0 Å². The van der Waals surface area contributed by atoms with E-state index in [-0.39, 0.29) is 17.9 Å². The maximum absolute atomic E-state index is 12.4. The Labute approximate surface area is 172 Å². The van der Waals surface area contributed by atoms with Gasteiger partial charge in [-0.25, -0.2) is 4.98 Å². The Morgan fingerprint density at radius 2 is 1.93 bits per heavy atom. The molecule has 29 heavy (non-hydrogen) atoms. The minimum atomic E-state index is -0.646. The van der Waals surface area contributed by atoms with E-state index in [2.05, 4.69) is 9.97 Å². The average Bonchev–Trinajstić information content (AvgIpc) is 3.00. The topological polar surface area (TPSA) is 90.5 Å². The Balaban J connectivity index is 1.66. The molecule has 0 aliphatic heterocycles. The molecule has 0 fully saturated rings. The summed E-state index contributed by atoms with van der Waals surface area (Å²) in [5.41, 5.74) is 1.66. The number of fused-ring (bicyclic) bond motifs is 1. The molecule has 2 aromatic heterocycles. The van der Waals surface area contributed by atoms with Crippen molar-refractivity contribution in [1.82, 2.24) is 9.97 Å². The van der Waals surface area contributed by atoms with Crippen molar-refractivity contribution in [1.29, 1.82) is 0 Å². The van der Waals surface area contributed by atoms with E-state index < -0.39 is 6.10 Å². The Hall–Kier alpha value is -2.87. The summed E-state index contributed by atoms with van der Waals surface area (Å²) in [6.45, 7) is 5.56. The molecule has 0 unspecified atom stereocenters. The molecule has 0 saturated heterocycles. The first-order valence-electron chi connectivity index (χ1n) is 9.24. The minimum Gasteiger partial charge on any atom is -0.493 e. The zero-order valence-corrected chi connectivity index (χ0v) is 17.9. The maximum Gasteiger partial charge on any atom is 0.306 e. The molecule has 1 aromatic carbocycles. The van der Waals surface area contributed by atoms with E-state index in [4.69, 9.17) is 14.2 Å². The van der Waals surface area contributed by atoms with Crippen LogP contribution >= 0.6 is 11.3 Å². The van der Waals surface area contributed by atoms with E-state index in [1.807, 2.05) is 26.0 Å². The highest BCUT2D eigenvalue weighted by Gasteiger charge is 2.18. The summed E-state index contributed by atoms with van der Waals surface area (Å²) >= 11 is 1.46. The zero-order valence-electron chi connectivity index (χ0n) is 17.1. The molecule has 2 heterocycles. The van der Waals surface area contributed by atoms with Gasteiger partial charge < -0.3 is 19.2 Å². The molecular formula is C21H24N2O5S. The molecule has 0 aliphatic rings. The summed E-state index contributed by atoms with van der Waals surface area (Å²) in [7, 11) is 3.14. The number of esters is 1. The number of ether oxygens (including phenoxy) is 3. The molecule has 3 rings (SSSR count). The largest absolute Gasteiger partial charge is 0.493 e. The summed E-state index contributed by atoms with van der Waals surface area (Å²) in [6.07, 6.45) is 0.0505. The molecule has 7 nitrogen and oxygen atoms in total. The number of methoxy groups -OCH3 is 2. The Morgan fingerprint density at radius 3 is 2.62 bits per heavy atom. The van der Waals surface area contributed by atoms with Gasteiger partial charge >= 0.3 is 5.97 Å². The van der Waals surface area contributed by atoms with Gasteiger partial charge in [0.05, 0.1) is 19.6 Å². The number of nitrogens with zero attached hydrogens (tertiary/aromatic N) is 1. The number of benzene rings is 1. The standard InChI is InChI=1S/C21H24N2O5S/c1-11-13(3)29-21-18(11)20(25)22-19(23-21)12(2)28-17(24)9-7-14-6-8-15(26-4)16(10-14)27-5/h6,8,10,12H,7,9H2,1-5H3,(H,22,23,25)/t12-/m1/s1. The van der Waals surface area contributed by atoms with Crippen molar-refractivity contribution >= 4 is 27.5 Å². The molecule has 0 bridgehead atoms. The van der Waals surface area contributed by atoms with E-state index in [0.717, 1.165) is 16.0 Å². The third-order valence-corrected chi connectivity index (χ3v) is 5.92. The maximum atomic E-state index is 12.4. The third kappa shape index (κ3) is 4.42. The highest BCUT2D eigenvalue weighted by Crippen LogP contribution is 2.29. The van der Waals surface area contributed by atoms with Crippen molar-refractivity contribution in [3.05, 3.63) is 50.4 Å². The van der Waals surface area contributed by atoms with Crippen LogP contribution in [-0.2, 0) is 16.0 Å². The number of H-pyrrole nitrogens is 1. The van der Waals surface area contributed by atoms with Crippen molar-refractivity contribution in [2.24, 2.45) is 0 Å². The number of aromatic amines is 1. The van der Waals surface area contributed by atoms with Gasteiger partial charge in [-0.15, -0.1) is 11.3 Å². The van der Waals surface area contributed by atoms with Crippen LogP contribution < -0.4 is 15.0 Å². The minimum absolute atomic E-state index is 0.198. The molecule has 1 atom stereocenters. The van der Waals surface area contributed by atoms with Crippen LogP contribution in [0.5, 0.6) is 11.5 Å². The van der Waals surface area contributed by atoms with E-state index in [1.54, 1.807) is 27.2 Å². The van der Waals surface area contributed by atoms with Gasteiger partial charge in [0.1, 0.15) is 4.83 Å². The number of aryl methyl sites for hydroxylation is 3. The quantitative estimate of drug-likeness (QED) is 0.588. The van der Waals surface area contributed by atoms with Gasteiger partial charge in [0.25, 0.3) is 5.56 Å². The SMILES string of the molecule is COc1ccc(CCC(=O)O[C@H](C)c2nc3sc(C)c(C)c3c(=O)[nH]2)cc1OC. The fourth-order valence-corrected chi connectivity index (χ4v) is 4.10. The monoisotopic (exact) mass is 416 g/mol. The number of carbonyl (C=O) groups excluding carboxylic acids is 1. The van der Waals surface area contributed by atoms with Crippen molar-refractivity contribution < 1.29 is 19.0 Å². The van der Waals surface area contributed by atoms with Crippen LogP contribution in [0.3, 0.4) is 0 Å². The van der Waals surface area contributed by atoms with E-state index >= 15 is 0 Å². The Bertz CT molecular complexity index is 1100. The van der Waals surface area contributed by atoms with E-state index in [1.165, 1.54) is 11.3 Å². The van der Waals surface area contributed by atoms with Gasteiger partial charge in [-0.05, 0) is 50.5 Å². The summed E-state index contributed by atoms with van der Waals surface area (Å²) in [4.78, 5) is 33.6. The van der Waals surface area contributed by atoms with E-state index in [0.29, 0.717) is 34.0 Å². The smallest absolute Gasteiger partial charge is 0.306 e. The van der Waals surface area contributed by atoms with Gasteiger partial charge in [0.15, 0.2) is 23.4 Å². The van der Waals surface area contributed by atoms with Crippen LogP contribution in [-0.4, -0.2) is 30.2 Å². The number of rotatable bonds is 7. The highest BCUT2D eigenvalue weighted by molar-refractivity contribution is 7.18. The number of aromatic nitrogens is 2. The second-order valence-electron chi connectivity index (χ2n) is 6.74. The Morgan fingerprint density at radius 1 is 1.21 bits per heavy atom. The molecule has 8 heteroatoms. The van der Waals surface area contributed by atoms with Gasteiger partial charge in [0, 0.05) is 11.3 Å². The molecule has 0 amide bonds. The molecule has 1 N–H and O–H groups in total. The van der Waals surface area contributed by atoms with E-state index in [9.17, 15) is 9.59 Å². The lowest BCUT2D eigenvalue weighted by Gasteiger charge is -2.13. The summed E-state index contributed by atoms with van der Waals surface area (Å²) in [5, 5.41) is 0.600. The summed E-state index contributed by atoms with van der Waals surface area (Å²) in [6, 6.07) is 5.52. The lowest BCUT2D eigenvalue weighted by atomic mass is 10.1. The first-order chi connectivity index (χ1) is 13.8. The number of hydrogen-bond acceptors (Lipinski definition) is 7. The highest BCUT2D eigenvalue weighted by atomic mass is 32.1. The fraction of sp³-hybridized carbons (Fsp3) is 0.381.